The molecule has 0 unspecified atom stereocenters. The quantitative estimate of drug-likeness (QED) is 0.118. The van der Waals surface area contributed by atoms with Crippen molar-refractivity contribution in [3.63, 3.8) is 0 Å². The maximum absolute atomic E-state index is 13.6. The van der Waals surface area contributed by atoms with Crippen molar-refractivity contribution < 1.29 is 31.6 Å². The number of aromatic hydroxyl groups is 1. The first-order chi connectivity index (χ1) is 18.3. The number of fused-ring (bicyclic) bond motifs is 1. The molecule has 0 bridgehead atoms. The number of thiocarbonyl (C=S) groups is 1. The number of nitrogens with one attached hydrogen (secondary N) is 1. The standard InChI is InChI=1S/C23H17F3N6O5S2/c24-23(25,26)16-6-2-1-5-13(16)12-31-18-10-9-14(32(34)35)11-15(18)20(21(31)33)29-30-22(38)28-17-7-3-4-8-19(17)39(27,36)37/h1-11,33H,12H2,(H,28,38)(H2,27,36,37). The monoisotopic (exact) mass is 578 g/mol. The largest absolute Gasteiger partial charge is 0.493 e. The molecule has 0 amide bonds. The van der Waals surface area contributed by atoms with Crippen molar-refractivity contribution in [2.45, 2.75) is 17.6 Å². The fourth-order valence-electron chi connectivity index (χ4n) is 3.84. The third kappa shape index (κ3) is 5.87. The van der Waals surface area contributed by atoms with Gasteiger partial charge in [0.2, 0.25) is 21.0 Å². The van der Waals surface area contributed by atoms with Gasteiger partial charge < -0.3 is 15.0 Å². The van der Waals surface area contributed by atoms with Crippen molar-refractivity contribution >= 4 is 55.3 Å². The summed E-state index contributed by atoms with van der Waals surface area (Å²) in [7, 11) is -4.12. The van der Waals surface area contributed by atoms with Crippen LogP contribution < -0.4 is 10.5 Å². The molecule has 39 heavy (non-hydrogen) atoms. The molecule has 0 radical (unpaired) electrons. The summed E-state index contributed by atoms with van der Waals surface area (Å²) < 4.78 is 65.4. The van der Waals surface area contributed by atoms with Gasteiger partial charge in [0.15, 0.2) is 5.69 Å². The number of azo groups is 1. The second-order valence-corrected chi connectivity index (χ2v) is 9.96. The Morgan fingerprint density at radius 1 is 1.13 bits per heavy atom. The van der Waals surface area contributed by atoms with Crippen LogP contribution in [0.3, 0.4) is 0 Å². The Bertz CT molecular complexity index is 1750. The average Bonchev–Trinajstić information content (AvgIpc) is 3.12. The highest BCUT2D eigenvalue weighted by atomic mass is 32.2. The van der Waals surface area contributed by atoms with Crippen LogP contribution in [0.2, 0.25) is 0 Å². The van der Waals surface area contributed by atoms with E-state index in [1.165, 1.54) is 48.5 Å². The van der Waals surface area contributed by atoms with Crippen molar-refractivity contribution in [2.24, 2.45) is 15.4 Å². The van der Waals surface area contributed by atoms with E-state index < -0.39 is 39.1 Å². The van der Waals surface area contributed by atoms with Crippen LogP contribution in [0.1, 0.15) is 11.1 Å². The molecule has 0 aliphatic heterocycles. The molecule has 0 aliphatic rings. The number of sulfonamides is 1. The summed E-state index contributed by atoms with van der Waals surface area (Å²) in [5, 5.41) is 37.3. The molecule has 4 N–H and O–H groups in total. The van der Waals surface area contributed by atoms with E-state index in [1.54, 1.807) is 0 Å². The first-order valence-electron chi connectivity index (χ1n) is 10.8. The number of non-ortho nitro benzene ring substituents is 1. The number of nitrogens with zero attached hydrogens (tertiary/aromatic N) is 4. The Morgan fingerprint density at radius 3 is 2.46 bits per heavy atom. The van der Waals surface area contributed by atoms with Crippen LogP contribution >= 0.6 is 12.2 Å². The molecule has 1 heterocycles. The fraction of sp³-hybridized carbons (Fsp3) is 0.0870. The third-order valence-electron chi connectivity index (χ3n) is 5.53. The highest BCUT2D eigenvalue weighted by Gasteiger charge is 2.33. The van der Waals surface area contributed by atoms with Crippen LogP contribution in [-0.4, -0.2) is 28.1 Å². The number of nitro groups is 1. The zero-order chi connectivity index (χ0) is 28.5. The summed E-state index contributed by atoms with van der Waals surface area (Å²) in [6, 6.07) is 13.8. The van der Waals surface area contributed by atoms with E-state index in [0.29, 0.717) is 0 Å². The minimum Gasteiger partial charge on any atom is -0.493 e. The molecule has 16 heteroatoms. The molecule has 3 aromatic carbocycles. The van der Waals surface area contributed by atoms with Crippen LogP contribution in [0.15, 0.2) is 81.9 Å². The smallest absolute Gasteiger partial charge is 0.416 e. The summed E-state index contributed by atoms with van der Waals surface area (Å²) in [5.41, 5.74) is -1.62. The van der Waals surface area contributed by atoms with Crippen molar-refractivity contribution in [2.75, 3.05) is 5.32 Å². The minimum atomic E-state index is -4.67. The first kappa shape index (κ1) is 27.6. The van der Waals surface area contributed by atoms with Crippen molar-refractivity contribution in [3.8, 4) is 5.88 Å². The second kappa shape index (κ2) is 10.4. The van der Waals surface area contributed by atoms with Gasteiger partial charge in [0, 0.05) is 17.5 Å². The summed E-state index contributed by atoms with van der Waals surface area (Å²) in [6.07, 6.45) is -4.67. The number of anilines is 1. The zero-order valence-electron chi connectivity index (χ0n) is 19.5. The van der Waals surface area contributed by atoms with Crippen LogP contribution in [0.25, 0.3) is 10.9 Å². The van der Waals surface area contributed by atoms with Crippen molar-refractivity contribution in [1.82, 2.24) is 4.57 Å². The number of alkyl halides is 3. The van der Waals surface area contributed by atoms with E-state index in [-0.39, 0.29) is 43.5 Å². The lowest BCUT2D eigenvalue weighted by Gasteiger charge is -2.14. The molecule has 0 saturated heterocycles. The lowest BCUT2D eigenvalue weighted by Crippen LogP contribution is -2.16. The molecular formula is C23H17F3N6O5S2. The Kier molecular flexibility index (Phi) is 7.36. The van der Waals surface area contributed by atoms with E-state index in [0.717, 1.165) is 22.8 Å². The second-order valence-electron chi connectivity index (χ2n) is 8.04. The number of benzene rings is 3. The zero-order valence-corrected chi connectivity index (χ0v) is 21.1. The van der Waals surface area contributed by atoms with E-state index in [9.17, 15) is 36.8 Å². The fourth-order valence-corrected chi connectivity index (χ4v) is 4.69. The number of halogens is 3. The van der Waals surface area contributed by atoms with Gasteiger partial charge in [-0.3, -0.25) is 10.1 Å². The lowest BCUT2D eigenvalue weighted by molar-refractivity contribution is -0.384. The predicted molar refractivity (Wildman–Crippen MR) is 139 cm³/mol. The van der Waals surface area contributed by atoms with E-state index in [4.69, 9.17) is 17.4 Å². The predicted octanol–water partition coefficient (Wildman–Crippen LogP) is 5.45. The van der Waals surface area contributed by atoms with Crippen LogP contribution in [0, 0.1) is 10.1 Å². The highest BCUT2D eigenvalue weighted by Crippen LogP contribution is 2.42. The molecule has 0 saturated carbocycles. The third-order valence-corrected chi connectivity index (χ3v) is 6.68. The van der Waals surface area contributed by atoms with E-state index in [2.05, 4.69) is 15.5 Å². The molecule has 11 nitrogen and oxygen atoms in total. The molecule has 0 aliphatic carbocycles. The SMILES string of the molecule is NS(=O)(=O)c1ccccc1NC(=S)N=Nc1c(O)n(Cc2ccccc2C(F)(F)F)c2ccc([N+](=O)[O-])cc12. The molecule has 0 atom stereocenters. The van der Waals surface area contributed by atoms with Gasteiger partial charge in [-0.2, -0.15) is 13.2 Å². The molecule has 0 fully saturated rings. The number of nitro benzene ring substituents is 1. The van der Waals surface area contributed by atoms with E-state index >= 15 is 0 Å². The summed E-state index contributed by atoms with van der Waals surface area (Å²) in [6.45, 7) is -0.449. The Hall–Kier alpha value is -4.41. The number of hydrogen-bond donors (Lipinski definition) is 3. The number of aromatic nitrogens is 1. The van der Waals surface area contributed by atoms with Gasteiger partial charge in [0.1, 0.15) is 4.90 Å². The Labute approximate surface area is 223 Å². The summed E-state index contributed by atoms with van der Waals surface area (Å²) in [5.74, 6) is -0.626. The minimum absolute atomic E-state index is 0.00463. The Morgan fingerprint density at radius 2 is 1.79 bits per heavy atom. The first-order valence-corrected chi connectivity index (χ1v) is 12.7. The van der Waals surface area contributed by atoms with Gasteiger partial charge in [-0.15, -0.1) is 10.2 Å². The highest BCUT2D eigenvalue weighted by molar-refractivity contribution is 7.89. The molecule has 202 valence electrons. The van der Waals surface area contributed by atoms with Crippen LogP contribution in [-0.2, 0) is 22.7 Å². The van der Waals surface area contributed by atoms with Gasteiger partial charge in [-0.1, -0.05) is 30.3 Å². The van der Waals surface area contributed by atoms with Gasteiger partial charge in [0.25, 0.3) is 5.69 Å². The number of rotatable bonds is 6. The van der Waals surface area contributed by atoms with Crippen LogP contribution in [0.4, 0.5) is 30.2 Å². The number of nitrogens with two attached hydrogens (primary N) is 1. The van der Waals surface area contributed by atoms with Gasteiger partial charge in [0.05, 0.1) is 28.2 Å². The van der Waals surface area contributed by atoms with Crippen molar-refractivity contribution in [1.29, 1.82) is 0 Å². The molecule has 4 aromatic rings. The Balaban J connectivity index is 1.77. The molecule has 4 rings (SSSR count). The van der Waals surface area contributed by atoms with Gasteiger partial charge in [-0.05, 0) is 42.0 Å². The molecule has 0 spiro atoms. The van der Waals surface area contributed by atoms with E-state index in [1.807, 2.05) is 0 Å². The number of primary sulfonamides is 1. The van der Waals surface area contributed by atoms with Gasteiger partial charge >= 0.3 is 6.18 Å². The topological polar surface area (TPSA) is 165 Å². The maximum Gasteiger partial charge on any atom is 0.416 e. The normalized spacial score (nSPS) is 12.2. The maximum atomic E-state index is 13.6. The summed E-state index contributed by atoms with van der Waals surface area (Å²) in [4.78, 5) is 10.4. The number of hydrogen-bond acceptors (Lipinski definition) is 7. The average molecular weight is 579 g/mol. The molecule has 1 aromatic heterocycles. The summed E-state index contributed by atoms with van der Waals surface area (Å²) >= 11 is 5.09. The van der Waals surface area contributed by atoms with Crippen LogP contribution in [0.5, 0.6) is 5.88 Å². The molecular weight excluding hydrogens is 561 g/mol. The lowest BCUT2D eigenvalue weighted by atomic mass is 10.1. The van der Waals surface area contributed by atoms with Crippen molar-refractivity contribution in [3.05, 3.63) is 88.0 Å². The van der Waals surface area contributed by atoms with Gasteiger partial charge in [-0.25, -0.2) is 13.6 Å². The number of para-hydroxylation sites is 1.